The molecule has 0 aromatic carbocycles. The molecule has 2 aliphatic carbocycles. The Morgan fingerprint density at radius 2 is 2.00 bits per heavy atom. The molecule has 2 aliphatic rings. The monoisotopic (exact) mass is 408 g/mol. The van der Waals surface area contributed by atoms with Gasteiger partial charge in [0, 0.05) is 18.8 Å². The number of fused-ring (bicyclic) bond motifs is 1. The van der Waals surface area contributed by atoms with Crippen LogP contribution in [0.3, 0.4) is 0 Å². The molecule has 0 bridgehead atoms. The first-order valence-electron chi connectivity index (χ1n) is 10.8. The third-order valence-corrected chi connectivity index (χ3v) is 6.45. The van der Waals surface area contributed by atoms with Crippen LogP contribution >= 0.6 is 0 Å². The average Bonchev–Trinajstić information content (AvgIpc) is 2.66. The van der Waals surface area contributed by atoms with Gasteiger partial charge in [-0.15, -0.1) is 0 Å². The number of ether oxygens (including phenoxy) is 1. The normalized spacial score (nSPS) is 32.0. The number of allylic oxidation sites excluding steroid dienone is 2. The van der Waals surface area contributed by atoms with Crippen molar-refractivity contribution in [1.29, 1.82) is 0 Å². The molecule has 0 saturated carbocycles. The van der Waals surface area contributed by atoms with Crippen molar-refractivity contribution in [2.45, 2.75) is 84.2 Å². The van der Waals surface area contributed by atoms with Crippen LogP contribution in [0.4, 0.5) is 0 Å². The molecule has 0 heterocycles. The molecular weight excluding hydrogens is 372 g/mol. The van der Waals surface area contributed by atoms with Crippen molar-refractivity contribution >= 4 is 11.8 Å². The second kappa shape index (κ2) is 10.5. The fraction of sp³-hybridized carbons (Fsp3) is 0.739. The van der Waals surface area contributed by atoms with Crippen molar-refractivity contribution < 1.29 is 29.6 Å². The summed E-state index contributed by atoms with van der Waals surface area (Å²) in [7, 11) is 0. The largest absolute Gasteiger partial charge is 0.461 e. The number of Topliss-reactive ketones (excluding diaryl/α,β-unsaturated/α-hetero) is 1. The zero-order valence-electron chi connectivity index (χ0n) is 18.0. The minimum absolute atomic E-state index is 0.0312. The maximum absolute atomic E-state index is 12.4. The van der Waals surface area contributed by atoms with Crippen molar-refractivity contribution in [2.75, 3.05) is 0 Å². The third-order valence-electron chi connectivity index (χ3n) is 6.45. The lowest BCUT2D eigenvalue weighted by Crippen LogP contribution is -2.43. The first-order chi connectivity index (χ1) is 13.6. The Hall–Kier alpha value is -1.50. The number of hydrogen-bond donors (Lipinski definition) is 3. The van der Waals surface area contributed by atoms with Crippen molar-refractivity contribution in [2.24, 2.45) is 23.7 Å². The van der Waals surface area contributed by atoms with E-state index in [-0.39, 0.29) is 41.8 Å². The van der Waals surface area contributed by atoms with Crippen LogP contribution in [0.2, 0.25) is 0 Å². The summed E-state index contributed by atoms with van der Waals surface area (Å²) < 4.78 is 5.84. The van der Waals surface area contributed by atoms with E-state index >= 15 is 0 Å². The van der Waals surface area contributed by atoms with Gasteiger partial charge in [0.25, 0.3) is 0 Å². The quantitative estimate of drug-likeness (QED) is 0.507. The lowest BCUT2D eigenvalue weighted by Gasteiger charge is -2.43. The number of hydrogen-bond acceptors (Lipinski definition) is 6. The number of aliphatic hydroxyl groups is 3. The van der Waals surface area contributed by atoms with Crippen LogP contribution in [0.1, 0.15) is 59.8 Å². The van der Waals surface area contributed by atoms with Crippen molar-refractivity contribution in [3.8, 4) is 0 Å². The molecular formula is C23H36O6. The topological polar surface area (TPSA) is 104 Å². The van der Waals surface area contributed by atoms with Crippen LogP contribution in [0.25, 0.3) is 0 Å². The summed E-state index contributed by atoms with van der Waals surface area (Å²) in [6, 6.07) is 0. The summed E-state index contributed by atoms with van der Waals surface area (Å²) >= 11 is 0. The molecule has 0 unspecified atom stereocenters. The molecule has 0 amide bonds. The Balaban J connectivity index is 2.13. The molecule has 0 fully saturated rings. The molecule has 0 aliphatic heterocycles. The molecule has 29 heavy (non-hydrogen) atoms. The highest BCUT2D eigenvalue weighted by molar-refractivity contribution is 5.80. The summed E-state index contributed by atoms with van der Waals surface area (Å²) in [6.07, 6.45) is 5.21. The molecule has 0 aromatic heterocycles. The molecule has 2 rings (SSSR count). The van der Waals surface area contributed by atoms with E-state index in [1.807, 2.05) is 26.0 Å². The van der Waals surface area contributed by atoms with E-state index < -0.39 is 24.4 Å². The van der Waals surface area contributed by atoms with Crippen LogP contribution in [0.5, 0.6) is 0 Å². The maximum Gasteiger partial charge on any atom is 0.308 e. The van der Waals surface area contributed by atoms with E-state index in [4.69, 9.17) is 4.74 Å². The van der Waals surface area contributed by atoms with E-state index in [0.717, 1.165) is 5.57 Å². The minimum Gasteiger partial charge on any atom is -0.461 e. The Bertz CT molecular complexity index is 639. The van der Waals surface area contributed by atoms with Gasteiger partial charge in [-0.25, -0.2) is 0 Å². The van der Waals surface area contributed by atoms with Crippen molar-refractivity contribution in [3.05, 3.63) is 23.8 Å². The molecule has 0 spiro atoms. The Morgan fingerprint density at radius 1 is 1.31 bits per heavy atom. The highest BCUT2D eigenvalue weighted by Gasteiger charge is 2.42. The van der Waals surface area contributed by atoms with E-state index in [0.29, 0.717) is 25.7 Å². The van der Waals surface area contributed by atoms with Crippen molar-refractivity contribution in [3.63, 3.8) is 0 Å². The Morgan fingerprint density at radius 3 is 2.62 bits per heavy atom. The van der Waals surface area contributed by atoms with E-state index in [9.17, 15) is 24.9 Å². The molecule has 0 saturated heterocycles. The van der Waals surface area contributed by atoms with Crippen LogP contribution in [0, 0.1) is 23.7 Å². The molecule has 3 N–H and O–H groups in total. The molecule has 8 atom stereocenters. The first-order valence-corrected chi connectivity index (χ1v) is 10.8. The molecule has 6 nitrogen and oxygen atoms in total. The van der Waals surface area contributed by atoms with Gasteiger partial charge in [-0.1, -0.05) is 39.0 Å². The van der Waals surface area contributed by atoms with Crippen LogP contribution in [-0.2, 0) is 14.3 Å². The summed E-state index contributed by atoms with van der Waals surface area (Å²) in [5, 5.41) is 30.2. The predicted octanol–water partition coefficient (Wildman–Crippen LogP) is 2.55. The van der Waals surface area contributed by atoms with Crippen molar-refractivity contribution in [1.82, 2.24) is 0 Å². The van der Waals surface area contributed by atoms with Gasteiger partial charge in [0.2, 0.25) is 0 Å². The number of ketones is 1. The second-order valence-corrected chi connectivity index (χ2v) is 8.76. The summed E-state index contributed by atoms with van der Waals surface area (Å²) in [5.74, 6) is -0.444. The third kappa shape index (κ3) is 6.24. The second-order valence-electron chi connectivity index (χ2n) is 8.76. The summed E-state index contributed by atoms with van der Waals surface area (Å²) in [5.41, 5.74) is 0.979. The average molecular weight is 409 g/mol. The molecule has 0 aromatic rings. The zero-order valence-corrected chi connectivity index (χ0v) is 18.0. The van der Waals surface area contributed by atoms with Gasteiger partial charge in [-0.2, -0.15) is 0 Å². The number of rotatable bonds is 9. The number of aliphatic hydroxyl groups excluding tert-OH is 3. The maximum atomic E-state index is 12.4. The molecule has 164 valence electrons. The van der Waals surface area contributed by atoms with E-state index in [1.54, 1.807) is 0 Å². The molecule has 0 radical (unpaired) electrons. The number of carbonyl (C=O) groups excluding carboxylic acids is 2. The van der Waals surface area contributed by atoms with Gasteiger partial charge in [-0.05, 0) is 43.6 Å². The van der Waals surface area contributed by atoms with Gasteiger partial charge < -0.3 is 20.1 Å². The van der Waals surface area contributed by atoms with Crippen LogP contribution in [0.15, 0.2) is 23.8 Å². The predicted molar refractivity (Wildman–Crippen MR) is 110 cm³/mol. The van der Waals surface area contributed by atoms with Crippen LogP contribution in [-0.4, -0.2) is 51.5 Å². The highest BCUT2D eigenvalue weighted by atomic mass is 16.5. The fourth-order valence-corrected chi connectivity index (χ4v) is 4.35. The highest BCUT2D eigenvalue weighted by Crippen LogP contribution is 2.44. The summed E-state index contributed by atoms with van der Waals surface area (Å²) in [4.78, 5) is 23.7. The molecule has 6 heteroatoms. The van der Waals surface area contributed by atoms with E-state index in [2.05, 4.69) is 13.0 Å². The standard InChI is InChI=1S/C23H36O6/c1-5-13(2)23(28)29-21-12-18(26)10-16-7-6-14(3)19(22(16)21)9-8-17(25)11-20(27)15(4)24/h6-7,10,13-14,17-22,25-27H,5,8-9,11-12H2,1-4H3/t13-,14+,17+,18+,19-,20+,21-,22-/m0/s1. The van der Waals surface area contributed by atoms with Gasteiger partial charge in [0.05, 0.1) is 18.1 Å². The number of esters is 1. The Labute approximate surface area is 173 Å². The van der Waals surface area contributed by atoms with Gasteiger partial charge in [-0.3, -0.25) is 9.59 Å². The van der Waals surface area contributed by atoms with Gasteiger partial charge in [0.1, 0.15) is 12.2 Å². The zero-order chi connectivity index (χ0) is 21.7. The smallest absolute Gasteiger partial charge is 0.308 e. The van der Waals surface area contributed by atoms with Crippen LogP contribution < -0.4 is 0 Å². The lowest BCUT2D eigenvalue weighted by molar-refractivity contribution is -0.159. The SMILES string of the molecule is CC[C@H](C)C(=O)O[C@H]1C[C@H](O)C=C2C=C[C@@H](C)[C@H](CC[C@@H](O)C[C@@H](O)C(C)=O)[C@H]21. The van der Waals surface area contributed by atoms with E-state index in [1.165, 1.54) is 6.92 Å². The minimum atomic E-state index is -1.14. The van der Waals surface area contributed by atoms with Gasteiger partial charge in [0.15, 0.2) is 5.78 Å². The first kappa shape index (κ1) is 23.8. The Kier molecular flexibility index (Phi) is 8.61. The lowest BCUT2D eigenvalue weighted by atomic mass is 9.66. The summed E-state index contributed by atoms with van der Waals surface area (Å²) in [6.45, 7) is 7.20. The fourth-order valence-electron chi connectivity index (χ4n) is 4.35. The number of carbonyl (C=O) groups is 2. The van der Waals surface area contributed by atoms with Gasteiger partial charge >= 0.3 is 5.97 Å².